The van der Waals surface area contributed by atoms with E-state index < -0.39 is 5.60 Å². The number of esters is 1. The Hall–Kier alpha value is -2.57. The van der Waals surface area contributed by atoms with E-state index in [2.05, 4.69) is 59.7 Å². The topological polar surface area (TPSA) is 26.3 Å². The molecule has 158 valence electrons. The zero-order valence-corrected chi connectivity index (χ0v) is 18.8. The Morgan fingerprint density at radius 2 is 1.65 bits per heavy atom. The smallest absolute Gasteiger partial charge is 0.339 e. The molecule has 2 aromatic carbocycles. The van der Waals surface area contributed by atoms with Gasteiger partial charge in [-0.15, -0.1) is 0 Å². The minimum Gasteiger partial charge on any atom is -0.442 e. The molecule has 1 atom stereocenters. The van der Waals surface area contributed by atoms with Crippen molar-refractivity contribution < 1.29 is 9.53 Å². The van der Waals surface area contributed by atoms with Gasteiger partial charge in [0.2, 0.25) is 0 Å². The van der Waals surface area contributed by atoms with Crippen LogP contribution < -0.4 is 0 Å². The molecule has 0 bridgehead atoms. The van der Waals surface area contributed by atoms with Gasteiger partial charge in [0, 0.05) is 27.8 Å². The number of thiophene rings is 1. The molecule has 0 amide bonds. The summed E-state index contributed by atoms with van der Waals surface area (Å²) in [6, 6.07) is 18.7. The van der Waals surface area contributed by atoms with Gasteiger partial charge in [0.15, 0.2) is 15.2 Å². The first-order valence-corrected chi connectivity index (χ1v) is 12.9. The number of fused-ring (bicyclic) bond motifs is 1. The van der Waals surface area contributed by atoms with Crippen LogP contribution in [0.1, 0.15) is 68.1 Å². The molecule has 2 saturated carbocycles. The molecule has 1 unspecified atom stereocenters. The lowest BCUT2D eigenvalue weighted by Gasteiger charge is -2.24. The Morgan fingerprint density at radius 1 is 0.903 bits per heavy atom. The lowest BCUT2D eigenvalue weighted by Crippen LogP contribution is -2.30. The average molecular weight is 430 g/mol. The maximum atomic E-state index is 13.0. The fourth-order valence-corrected chi connectivity index (χ4v) is 6.78. The summed E-state index contributed by atoms with van der Waals surface area (Å²) in [7, 11) is -0.0605. The van der Waals surface area contributed by atoms with Gasteiger partial charge in [-0.25, -0.2) is 4.79 Å². The number of carbonyl (C=O) groups is 1. The summed E-state index contributed by atoms with van der Waals surface area (Å²) in [6.07, 6.45) is 10.2. The van der Waals surface area contributed by atoms with E-state index in [1.807, 2.05) is 12.1 Å². The van der Waals surface area contributed by atoms with E-state index in [-0.39, 0.29) is 16.4 Å². The Balaban J connectivity index is 1.33. The predicted molar refractivity (Wildman–Crippen MR) is 129 cm³/mol. The Morgan fingerprint density at radius 3 is 2.42 bits per heavy atom. The van der Waals surface area contributed by atoms with Gasteiger partial charge in [0.25, 0.3) is 0 Å². The van der Waals surface area contributed by atoms with E-state index in [9.17, 15) is 4.79 Å². The van der Waals surface area contributed by atoms with Crippen LogP contribution in [0.15, 0.2) is 60.0 Å². The third-order valence-electron chi connectivity index (χ3n) is 6.69. The molecule has 0 aliphatic heterocycles. The summed E-state index contributed by atoms with van der Waals surface area (Å²) in [4.78, 5) is 14.2. The molecule has 2 nitrogen and oxygen atoms in total. The molecule has 3 aromatic rings. The van der Waals surface area contributed by atoms with E-state index >= 15 is 0 Å². The highest BCUT2D eigenvalue weighted by Crippen LogP contribution is 2.40. The molecule has 5 rings (SSSR count). The van der Waals surface area contributed by atoms with E-state index in [1.165, 1.54) is 47.1 Å². The first-order valence-electron chi connectivity index (χ1n) is 11.6. The zero-order chi connectivity index (χ0) is 21.1. The fourth-order valence-electron chi connectivity index (χ4n) is 4.89. The first-order chi connectivity index (χ1) is 15.2. The Labute approximate surface area is 187 Å². The first kappa shape index (κ1) is 20.3. The van der Waals surface area contributed by atoms with Crippen molar-refractivity contribution >= 4 is 26.5 Å². The van der Waals surface area contributed by atoms with Gasteiger partial charge in [0.05, 0.1) is 5.56 Å². The van der Waals surface area contributed by atoms with Gasteiger partial charge in [-0.1, -0.05) is 43.2 Å². The number of hydrogen-bond donors (Lipinski definition) is 0. The van der Waals surface area contributed by atoms with Crippen LogP contribution in [0.2, 0.25) is 0 Å². The van der Waals surface area contributed by atoms with Gasteiger partial charge in [-0.2, -0.15) is 0 Å². The van der Waals surface area contributed by atoms with Crippen LogP contribution in [0.4, 0.5) is 0 Å². The standard InChI is InChI=1S/C28H29O2S/c29-27(30-28(18-6-7-19-28)20-16-22-8-2-1-3-9-22)24-12-14-25(15-13-24)31-21-17-23-10-4-5-11-26(23)31/h4-5,10-15,17,21-22H,1-3,6-9,18-19H2/q+1. The van der Waals surface area contributed by atoms with Gasteiger partial charge in [-0.3, -0.25) is 0 Å². The Kier molecular flexibility index (Phi) is 5.83. The van der Waals surface area contributed by atoms with Crippen molar-refractivity contribution in [1.29, 1.82) is 0 Å². The van der Waals surface area contributed by atoms with E-state index in [1.54, 1.807) is 0 Å². The molecular weight excluding hydrogens is 400 g/mol. The van der Waals surface area contributed by atoms with Gasteiger partial charge in [0.1, 0.15) is 5.38 Å². The maximum Gasteiger partial charge on any atom is 0.339 e. The second-order valence-electron chi connectivity index (χ2n) is 8.90. The van der Waals surface area contributed by atoms with E-state index in [4.69, 9.17) is 4.74 Å². The van der Waals surface area contributed by atoms with Crippen LogP contribution in [0.5, 0.6) is 0 Å². The number of carbonyl (C=O) groups excluding carboxylic acids is 1. The molecule has 0 spiro atoms. The second kappa shape index (κ2) is 8.89. The maximum absolute atomic E-state index is 13.0. The van der Waals surface area contributed by atoms with Crippen molar-refractivity contribution in [3.05, 3.63) is 65.5 Å². The van der Waals surface area contributed by atoms with E-state index in [0.717, 1.165) is 25.7 Å². The molecule has 1 aromatic heterocycles. The molecule has 0 radical (unpaired) electrons. The van der Waals surface area contributed by atoms with Gasteiger partial charge < -0.3 is 4.74 Å². The molecule has 2 aliphatic carbocycles. The lowest BCUT2D eigenvalue weighted by atomic mass is 9.89. The molecular formula is C28H29O2S+. The van der Waals surface area contributed by atoms with Crippen molar-refractivity contribution in [2.75, 3.05) is 0 Å². The van der Waals surface area contributed by atoms with Crippen LogP contribution in [-0.2, 0) is 4.74 Å². The third kappa shape index (κ3) is 4.41. The summed E-state index contributed by atoms with van der Waals surface area (Å²) in [5.74, 6) is 7.16. The third-order valence-corrected chi connectivity index (χ3v) is 8.73. The summed E-state index contributed by atoms with van der Waals surface area (Å²) in [6.45, 7) is 0. The van der Waals surface area contributed by atoms with Crippen molar-refractivity contribution in [1.82, 2.24) is 0 Å². The number of hydrogen-bond acceptors (Lipinski definition) is 2. The van der Waals surface area contributed by atoms with Crippen molar-refractivity contribution in [3.63, 3.8) is 0 Å². The van der Waals surface area contributed by atoms with Crippen LogP contribution in [0.3, 0.4) is 0 Å². The number of ether oxygens (including phenoxy) is 1. The van der Waals surface area contributed by atoms with Crippen LogP contribution in [0.25, 0.3) is 15.0 Å². The molecule has 0 saturated heterocycles. The highest BCUT2D eigenvalue weighted by Gasteiger charge is 2.36. The largest absolute Gasteiger partial charge is 0.442 e. The van der Waals surface area contributed by atoms with Crippen LogP contribution in [-0.4, -0.2) is 11.6 Å². The van der Waals surface area contributed by atoms with Gasteiger partial charge in [-0.05, 0) is 74.9 Å². The fraction of sp³-hybridized carbons (Fsp3) is 0.393. The van der Waals surface area contributed by atoms with E-state index in [0.29, 0.717) is 11.5 Å². The normalized spacial score (nSPS) is 19.0. The Bertz CT molecular complexity index is 1120. The highest BCUT2D eigenvalue weighted by molar-refractivity contribution is 7.43. The summed E-state index contributed by atoms with van der Waals surface area (Å²) >= 11 is 0. The molecule has 2 aliphatic rings. The zero-order valence-electron chi connectivity index (χ0n) is 17.9. The summed E-state index contributed by atoms with van der Waals surface area (Å²) in [5.41, 5.74) is 0.0387. The molecule has 31 heavy (non-hydrogen) atoms. The number of benzene rings is 2. The SMILES string of the molecule is O=C(OC1(C#CC2CCCCC2)CCCC1)c1ccc(-[s+]2ccc3ccccc32)cc1. The quantitative estimate of drug-likeness (QED) is 0.243. The van der Waals surface area contributed by atoms with Crippen molar-refractivity contribution in [2.24, 2.45) is 5.92 Å². The molecule has 3 heteroatoms. The molecule has 1 heterocycles. The van der Waals surface area contributed by atoms with Crippen LogP contribution >= 0.6 is 10.5 Å². The van der Waals surface area contributed by atoms with Crippen molar-refractivity contribution in [2.45, 2.75) is 63.4 Å². The predicted octanol–water partition coefficient (Wildman–Crippen LogP) is 7.63. The molecule has 2 fully saturated rings. The summed E-state index contributed by atoms with van der Waals surface area (Å²) in [5, 5.41) is 3.54. The summed E-state index contributed by atoms with van der Waals surface area (Å²) < 4.78 is 7.42. The van der Waals surface area contributed by atoms with Crippen molar-refractivity contribution in [3.8, 4) is 16.7 Å². The van der Waals surface area contributed by atoms with Gasteiger partial charge >= 0.3 is 5.97 Å². The minimum atomic E-state index is -0.581. The molecule has 0 N–H and O–H groups in total. The number of rotatable bonds is 3. The minimum absolute atomic E-state index is 0.0605. The highest BCUT2D eigenvalue weighted by atomic mass is 32.2. The monoisotopic (exact) mass is 429 g/mol. The second-order valence-corrected chi connectivity index (χ2v) is 10.8. The van der Waals surface area contributed by atoms with Crippen LogP contribution in [0, 0.1) is 17.8 Å². The average Bonchev–Trinajstić information content (AvgIpc) is 3.46. The lowest BCUT2D eigenvalue weighted by molar-refractivity contribution is 0.0103.